The van der Waals surface area contributed by atoms with Crippen molar-refractivity contribution in [2.75, 3.05) is 37.7 Å². The summed E-state index contributed by atoms with van der Waals surface area (Å²) in [5.41, 5.74) is 4.70. The Hall–Kier alpha value is -4.77. The number of fused-ring (bicyclic) bond motifs is 3. The quantitative estimate of drug-likeness (QED) is 0.169. The van der Waals surface area contributed by atoms with E-state index in [4.69, 9.17) is 27.9 Å². The van der Waals surface area contributed by atoms with E-state index in [2.05, 4.69) is 39.8 Å². The number of nitrogens with one attached hydrogen (secondary N) is 2. The van der Waals surface area contributed by atoms with Crippen molar-refractivity contribution < 1.29 is 23.9 Å². The molecular weight excluding hydrogens is 707 g/mol. The molecule has 2 aliphatic heterocycles. The molecule has 9 nitrogen and oxygen atoms in total. The van der Waals surface area contributed by atoms with E-state index >= 15 is 0 Å². The zero-order valence-electron chi connectivity index (χ0n) is 27.4. The zero-order chi connectivity index (χ0) is 35.5. The summed E-state index contributed by atoms with van der Waals surface area (Å²) in [7, 11) is 0. The first-order valence-corrected chi connectivity index (χ1v) is 18.2. The maximum Gasteiger partial charge on any atom is 0.408 e. The minimum Gasteiger partial charge on any atom is -0.449 e. The second kappa shape index (κ2) is 14.8. The summed E-state index contributed by atoms with van der Waals surface area (Å²) >= 11 is 13.2. The minimum absolute atomic E-state index is 0.00139. The van der Waals surface area contributed by atoms with E-state index < -0.39 is 28.7 Å². The molecule has 7 rings (SSSR count). The Morgan fingerprint density at radius 3 is 2.20 bits per heavy atom. The summed E-state index contributed by atoms with van der Waals surface area (Å²) in [5.74, 6) is -1.02. The number of nitrogens with zero attached hydrogens (tertiary/aromatic N) is 2. The minimum atomic E-state index is -1.27. The molecule has 1 aliphatic carbocycles. The van der Waals surface area contributed by atoms with Crippen LogP contribution in [0.3, 0.4) is 0 Å². The smallest absolute Gasteiger partial charge is 0.408 e. The molecule has 260 valence electrons. The lowest BCUT2D eigenvalue weighted by Crippen LogP contribution is -2.64. The van der Waals surface area contributed by atoms with Crippen LogP contribution in [0, 0.1) is 0 Å². The Bertz CT molecular complexity index is 1990. The lowest BCUT2D eigenvalue weighted by molar-refractivity contribution is -0.129. The number of para-hydroxylation sites is 1. The van der Waals surface area contributed by atoms with Gasteiger partial charge in [-0.05, 0) is 76.7 Å². The predicted molar refractivity (Wildman–Crippen MR) is 201 cm³/mol. The van der Waals surface area contributed by atoms with E-state index in [1.165, 1.54) is 6.08 Å². The van der Waals surface area contributed by atoms with Gasteiger partial charge in [-0.25, -0.2) is 4.79 Å². The first-order valence-electron chi connectivity index (χ1n) is 16.6. The van der Waals surface area contributed by atoms with Gasteiger partial charge < -0.3 is 20.3 Å². The van der Waals surface area contributed by atoms with Crippen molar-refractivity contribution >= 4 is 69.9 Å². The van der Waals surface area contributed by atoms with Crippen LogP contribution in [-0.2, 0) is 14.3 Å². The van der Waals surface area contributed by atoms with Crippen molar-refractivity contribution in [2.24, 2.45) is 0 Å². The molecule has 2 N–H and O–H groups in total. The molecule has 3 aliphatic rings. The number of imide groups is 1. The van der Waals surface area contributed by atoms with E-state index in [-0.39, 0.29) is 35.5 Å². The molecule has 0 unspecified atom stereocenters. The Kier molecular flexibility index (Phi) is 10.1. The number of rotatable bonds is 9. The fourth-order valence-electron chi connectivity index (χ4n) is 6.94. The molecule has 2 heterocycles. The molecule has 0 aromatic heterocycles. The van der Waals surface area contributed by atoms with Gasteiger partial charge in [-0.15, -0.1) is 0 Å². The van der Waals surface area contributed by atoms with Gasteiger partial charge in [-0.2, -0.15) is 0 Å². The first-order chi connectivity index (χ1) is 24.7. The maximum absolute atomic E-state index is 14.0. The summed E-state index contributed by atoms with van der Waals surface area (Å²) < 4.78 is 5.85. The van der Waals surface area contributed by atoms with Crippen molar-refractivity contribution in [3.05, 3.63) is 129 Å². The summed E-state index contributed by atoms with van der Waals surface area (Å²) in [5, 5.41) is 5.98. The number of carbonyl (C=O) groups is 4. The number of hydrogen-bond donors (Lipinski definition) is 2. The normalized spacial score (nSPS) is 17.3. The molecule has 4 aromatic carbocycles. The van der Waals surface area contributed by atoms with E-state index in [1.54, 1.807) is 18.2 Å². The third kappa shape index (κ3) is 7.08. The van der Waals surface area contributed by atoms with Gasteiger partial charge in [0.1, 0.15) is 12.1 Å². The van der Waals surface area contributed by atoms with Crippen LogP contribution in [0.4, 0.5) is 15.3 Å². The number of ether oxygens (including phenoxy) is 1. The summed E-state index contributed by atoms with van der Waals surface area (Å²) in [6.45, 7) is 1.09. The van der Waals surface area contributed by atoms with Crippen LogP contribution in [0.1, 0.15) is 35.4 Å². The van der Waals surface area contributed by atoms with E-state index in [1.807, 2.05) is 54.6 Å². The van der Waals surface area contributed by atoms with Crippen LogP contribution >= 0.6 is 35.0 Å². The van der Waals surface area contributed by atoms with Gasteiger partial charge in [-0.3, -0.25) is 19.3 Å². The van der Waals surface area contributed by atoms with Gasteiger partial charge in [0.2, 0.25) is 5.91 Å². The molecule has 4 aromatic rings. The van der Waals surface area contributed by atoms with Gasteiger partial charge in [0.15, 0.2) is 0 Å². The van der Waals surface area contributed by atoms with E-state index in [0.29, 0.717) is 36.5 Å². The number of hydrogen-bond acceptors (Lipinski definition) is 7. The summed E-state index contributed by atoms with van der Waals surface area (Å²) in [6, 6.07) is 31.1. The third-order valence-corrected chi connectivity index (χ3v) is 11.4. The van der Waals surface area contributed by atoms with Crippen molar-refractivity contribution in [1.82, 2.24) is 15.5 Å². The Morgan fingerprint density at radius 1 is 0.863 bits per heavy atom. The lowest BCUT2D eigenvalue weighted by Gasteiger charge is -2.41. The van der Waals surface area contributed by atoms with Gasteiger partial charge in [0.25, 0.3) is 11.1 Å². The average molecular weight is 742 g/mol. The average Bonchev–Trinajstić information content (AvgIpc) is 3.61. The molecule has 0 bridgehead atoms. The molecule has 2 fully saturated rings. The number of benzene rings is 4. The van der Waals surface area contributed by atoms with Crippen LogP contribution in [0.25, 0.3) is 17.2 Å². The molecule has 0 spiro atoms. The van der Waals surface area contributed by atoms with Crippen LogP contribution in [-0.4, -0.2) is 66.4 Å². The van der Waals surface area contributed by atoms with E-state index in [9.17, 15) is 19.2 Å². The van der Waals surface area contributed by atoms with Crippen molar-refractivity contribution in [1.29, 1.82) is 0 Å². The van der Waals surface area contributed by atoms with Crippen molar-refractivity contribution in [3.8, 4) is 11.1 Å². The molecule has 0 atom stereocenters. The second-order valence-corrected chi connectivity index (χ2v) is 14.4. The fraction of sp³-hybridized carbons (Fsp3) is 0.231. The first kappa shape index (κ1) is 34.7. The zero-order valence-corrected chi connectivity index (χ0v) is 29.8. The monoisotopic (exact) mass is 740 g/mol. The molecular formula is C39H34Cl2N4O5S. The maximum atomic E-state index is 14.0. The fourth-order valence-corrected chi connectivity index (χ4v) is 8.16. The van der Waals surface area contributed by atoms with Gasteiger partial charge in [-0.1, -0.05) is 102 Å². The van der Waals surface area contributed by atoms with Gasteiger partial charge in [0, 0.05) is 37.8 Å². The number of thioether (sulfide) groups is 1. The highest BCUT2D eigenvalue weighted by molar-refractivity contribution is 8.18. The van der Waals surface area contributed by atoms with Crippen molar-refractivity contribution in [3.63, 3.8) is 0 Å². The van der Waals surface area contributed by atoms with Gasteiger partial charge in [0.05, 0.1) is 15.0 Å². The molecule has 4 amide bonds. The van der Waals surface area contributed by atoms with Crippen LogP contribution in [0.15, 0.2) is 102 Å². The molecule has 12 heteroatoms. The molecule has 51 heavy (non-hydrogen) atoms. The van der Waals surface area contributed by atoms with E-state index in [0.717, 1.165) is 44.6 Å². The summed E-state index contributed by atoms with van der Waals surface area (Å²) in [6.07, 6.45) is 1.49. The highest BCUT2D eigenvalue weighted by Crippen LogP contribution is 2.44. The largest absolute Gasteiger partial charge is 0.449 e. The number of halogens is 2. The van der Waals surface area contributed by atoms with Crippen LogP contribution in [0.2, 0.25) is 10.0 Å². The van der Waals surface area contributed by atoms with Gasteiger partial charge >= 0.3 is 6.09 Å². The Labute approximate surface area is 309 Å². The highest BCUT2D eigenvalue weighted by Gasteiger charge is 2.44. The number of piperidine rings is 1. The Balaban J connectivity index is 1.02. The second-order valence-electron chi connectivity index (χ2n) is 12.6. The van der Waals surface area contributed by atoms with Crippen LogP contribution in [0.5, 0.6) is 0 Å². The molecule has 2 saturated heterocycles. The highest BCUT2D eigenvalue weighted by atomic mass is 35.5. The Morgan fingerprint density at radius 2 is 1.51 bits per heavy atom. The third-order valence-electron chi connectivity index (χ3n) is 9.62. The number of anilines is 1. The SMILES string of the molecule is O=C(NC1(C(=O)NCCN2C(=O)S/C(=C\c3cccc(Cl)c3Cl)C2=O)CCN(c2ccccc2)CC1)OCC1c2ccccc2-c2ccccc21. The molecule has 0 radical (unpaired) electrons. The molecule has 0 saturated carbocycles. The predicted octanol–water partition coefficient (Wildman–Crippen LogP) is 7.72. The number of alkyl carbamates (subject to hydrolysis) is 1. The number of carbonyl (C=O) groups excluding carboxylic acids is 4. The van der Waals surface area contributed by atoms with Crippen LogP contribution < -0.4 is 15.5 Å². The standard InChI is InChI=1S/C39H34Cl2N4O5S/c40-32-16-8-9-25(34(32)41)23-33-35(46)45(38(49)51-33)22-19-42-36(47)39(17-20-44(21-18-39)26-10-2-1-3-11-26)43-37(48)50-24-31-29-14-6-4-12-27(29)28-13-5-7-15-30(28)31/h1-16,23,31H,17-22,24H2,(H,42,47)(H,43,48)/b33-23-. The van der Waals surface area contributed by atoms with Crippen molar-refractivity contribution in [2.45, 2.75) is 24.3 Å². The number of amides is 4. The summed E-state index contributed by atoms with van der Waals surface area (Å²) in [4.78, 5) is 56.9. The lowest BCUT2D eigenvalue weighted by atomic mass is 9.86. The topological polar surface area (TPSA) is 108 Å².